The first-order valence-electron chi connectivity index (χ1n) is 6.89. The van der Waals surface area contributed by atoms with E-state index in [2.05, 4.69) is 5.32 Å². The molecule has 1 heterocycles. The van der Waals surface area contributed by atoms with Gasteiger partial charge in [0.1, 0.15) is 11.8 Å². The molecule has 6 nitrogen and oxygen atoms in total. The van der Waals surface area contributed by atoms with Crippen LogP contribution in [0.3, 0.4) is 0 Å². The smallest absolute Gasteiger partial charge is 0.249 e. The predicted molar refractivity (Wildman–Crippen MR) is 80.2 cm³/mol. The van der Waals surface area contributed by atoms with Gasteiger partial charge in [-0.3, -0.25) is 9.59 Å². The van der Waals surface area contributed by atoms with Crippen LogP contribution in [0.15, 0.2) is 24.3 Å². The maximum Gasteiger partial charge on any atom is 0.249 e. The van der Waals surface area contributed by atoms with Crippen LogP contribution in [-0.2, 0) is 9.59 Å². The number of rotatable bonds is 4. The van der Waals surface area contributed by atoms with E-state index in [0.717, 1.165) is 0 Å². The molecule has 0 bridgehead atoms. The molecule has 0 radical (unpaired) electrons. The predicted octanol–water partition coefficient (Wildman–Crippen LogP) is 0.654. The summed E-state index contributed by atoms with van der Waals surface area (Å²) < 4.78 is 5.28. The van der Waals surface area contributed by atoms with Gasteiger partial charge in [0, 0.05) is 6.54 Å². The van der Waals surface area contributed by atoms with Crippen molar-refractivity contribution >= 4 is 17.5 Å². The number of para-hydroxylation sites is 2. The standard InChI is InChI=1S/C15H21N3O3/c1-15(2,16)14(20)17-10-8-9-18(13(10)19)11-6-4-5-7-12(11)21-3/h4-7,10H,8-9,16H2,1-3H3,(H,17,20). The third-order valence-corrected chi connectivity index (χ3v) is 3.47. The van der Waals surface area contributed by atoms with E-state index in [4.69, 9.17) is 10.5 Å². The van der Waals surface area contributed by atoms with E-state index in [1.807, 2.05) is 18.2 Å². The largest absolute Gasteiger partial charge is 0.495 e. The van der Waals surface area contributed by atoms with Gasteiger partial charge in [-0.2, -0.15) is 0 Å². The molecule has 1 atom stereocenters. The first-order chi connectivity index (χ1) is 9.84. The van der Waals surface area contributed by atoms with Crippen molar-refractivity contribution in [1.82, 2.24) is 5.32 Å². The number of nitrogens with two attached hydrogens (primary N) is 1. The normalized spacial score (nSPS) is 18.8. The molecule has 1 aromatic rings. The van der Waals surface area contributed by atoms with Crippen LogP contribution in [0.25, 0.3) is 0 Å². The second-order valence-corrected chi connectivity index (χ2v) is 5.70. The molecule has 0 spiro atoms. The molecule has 114 valence electrons. The summed E-state index contributed by atoms with van der Waals surface area (Å²) in [6, 6.07) is 6.79. The van der Waals surface area contributed by atoms with Crippen molar-refractivity contribution in [1.29, 1.82) is 0 Å². The second kappa shape index (κ2) is 5.73. The number of ether oxygens (including phenoxy) is 1. The van der Waals surface area contributed by atoms with Gasteiger partial charge in [0.05, 0.1) is 18.3 Å². The minimum Gasteiger partial charge on any atom is -0.495 e. The van der Waals surface area contributed by atoms with Gasteiger partial charge in [0.15, 0.2) is 0 Å². The quantitative estimate of drug-likeness (QED) is 0.853. The van der Waals surface area contributed by atoms with E-state index < -0.39 is 11.6 Å². The number of nitrogens with zero attached hydrogens (tertiary/aromatic N) is 1. The number of carbonyl (C=O) groups excluding carboxylic acids is 2. The summed E-state index contributed by atoms with van der Waals surface area (Å²) in [5.74, 6) is 0.164. The summed E-state index contributed by atoms with van der Waals surface area (Å²) in [5.41, 5.74) is 5.45. The third kappa shape index (κ3) is 3.16. The van der Waals surface area contributed by atoms with E-state index in [-0.39, 0.29) is 11.8 Å². The SMILES string of the molecule is COc1ccccc1N1CCC(NC(=O)C(C)(C)N)C1=O. The molecule has 0 aromatic heterocycles. The lowest BCUT2D eigenvalue weighted by Crippen LogP contribution is -2.53. The summed E-state index contributed by atoms with van der Waals surface area (Å²) >= 11 is 0. The van der Waals surface area contributed by atoms with Crippen molar-refractivity contribution < 1.29 is 14.3 Å². The maximum atomic E-state index is 12.5. The van der Waals surface area contributed by atoms with Gasteiger partial charge in [-0.05, 0) is 32.4 Å². The van der Waals surface area contributed by atoms with E-state index in [0.29, 0.717) is 24.4 Å². The molecule has 2 amide bonds. The van der Waals surface area contributed by atoms with E-state index >= 15 is 0 Å². The van der Waals surface area contributed by atoms with E-state index in [1.165, 1.54) is 0 Å². The monoisotopic (exact) mass is 291 g/mol. The second-order valence-electron chi connectivity index (χ2n) is 5.70. The van der Waals surface area contributed by atoms with Gasteiger partial charge < -0.3 is 20.7 Å². The van der Waals surface area contributed by atoms with Gasteiger partial charge in [-0.15, -0.1) is 0 Å². The van der Waals surface area contributed by atoms with E-state index in [1.54, 1.807) is 31.9 Å². The Morgan fingerprint density at radius 1 is 1.43 bits per heavy atom. The third-order valence-electron chi connectivity index (χ3n) is 3.47. The Kier molecular flexibility index (Phi) is 4.18. The number of hydrogen-bond donors (Lipinski definition) is 2. The Hall–Kier alpha value is -2.08. The molecule has 2 rings (SSSR count). The summed E-state index contributed by atoms with van der Waals surface area (Å²) in [7, 11) is 1.57. The molecule has 1 saturated heterocycles. The zero-order chi connectivity index (χ0) is 15.6. The van der Waals surface area contributed by atoms with Gasteiger partial charge >= 0.3 is 0 Å². The molecule has 21 heavy (non-hydrogen) atoms. The molecule has 1 aliphatic rings. The molecule has 0 aliphatic carbocycles. The molecule has 1 unspecified atom stereocenters. The van der Waals surface area contributed by atoms with Crippen LogP contribution in [0.1, 0.15) is 20.3 Å². The van der Waals surface area contributed by atoms with Crippen LogP contribution < -0.4 is 20.7 Å². The number of carbonyl (C=O) groups is 2. The first-order valence-corrected chi connectivity index (χ1v) is 6.89. The molecular weight excluding hydrogens is 270 g/mol. The Morgan fingerprint density at radius 3 is 2.71 bits per heavy atom. The highest BCUT2D eigenvalue weighted by Crippen LogP contribution is 2.31. The molecule has 1 aliphatic heterocycles. The molecular formula is C15H21N3O3. The minimum atomic E-state index is -1.00. The van der Waals surface area contributed by atoms with Gasteiger partial charge in [-0.25, -0.2) is 0 Å². The zero-order valence-electron chi connectivity index (χ0n) is 12.6. The first kappa shape index (κ1) is 15.3. The Balaban J connectivity index is 2.13. The van der Waals surface area contributed by atoms with Crippen LogP contribution in [0.4, 0.5) is 5.69 Å². The number of hydrogen-bond acceptors (Lipinski definition) is 4. The lowest BCUT2D eigenvalue weighted by Gasteiger charge is -2.22. The minimum absolute atomic E-state index is 0.142. The van der Waals surface area contributed by atoms with Crippen molar-refractivity contribution in [3.63, 3.8) is 0 Å². The summed E-state index contributed by atoms with van der Waals surface area (Å²) in [6.07, 6.45) is 0.554. The van der Waals surface area contributed by atoms with Crippen molar-refractivity contribution in [3.05, 3.63) is 24.3 Å². The van der Waals surface area contributed by atoms with Gasteiger partial charge in [0.25, 0.3) is 0 Å². The number of anilines is 1. The van der Waals surface area contributed by atoms with Crippen molar-refractivity contribution in [2.24, 2.45) is 5.73 Å². The Labute approximate surface area is 124 Å². The number of benzene rings is 1. The van der Waals surface area contributed by atoms with Crippen LogP contribution in [-0.4, -0.2) is 37.0 Å². The average molecular weight is 291 g/mol. The van der Waals surface area contributed by atoms with Gasteiger partial charge in [-0.1, -0.05) is 12.1 Å². The van der Waals surface area contributed by atoms with Crippen LogP contribution in [0.5, 0.6) is 5.75 Å². The van der Waals surface area contributed by atoms with Crippen LogP contribution in [0, 0.1) is 0 Å². The number of nitrogens with one attached hydrogen (secondary N) is 1. The fourth-order valence-electron chi connectivity index (χ4n) is 2.25. The lowest BCUT2D eigenvalue weighted by atomic mass is 10.1. The fourth-order valence-corrected chi connectivity index (χ4v) is 2.25. The highest BCUT2D eigenvalue weighted by molar-refractivity contribution is 6.03. The van der Waals surface area contributed by atoms with Crippen LogP contribution >= 0.6 is 0 Å². The summed E-state index contributed by atoms with van der Waals surface area (Å²) in [6.45, 7) is 3.76. The highest BCUT2D eigenvalue weighted by Gasteiger charge is 2.36. The molecule has 1 fully saturated rings. The number of methoxy groups -OCH3 is 1. The van der Waals surface area contributed by atoms with Crippen molar-refractivity contribution in [3.8, 4) is 5.75 Å². The fraction of sp³-hybridized carbons (Fsp3) is 0.467. The molecule has 6 heteroatoms. The van der Waals surface area contributed by atoms with Crippen LogP contribution in [0.2, 0.25) is 0 Å². The van der Waals surface area contributed by atoms with Crippen molar-refractivity contribution in [2.75, 3.05) is 18.6 Å². The zero-order valence-corrected chi connectivity index (χ0v) is 12.6. The van der Waals surface area contributed by atoms with E-state index in [9.17, 15) is 9.59 Å². The maximum absolute atomic E-state index is 12.5. The summed E-state index contributed by atoms with van der Waals surface area (Å²) in [5, 5.41) is 2.71. The highest BCUT2D eigenvalue weighted by atomic mass is 16.5. The van der Waals surface area contributed by atoms with Gasteiger partial charge in [0.2, 0.25) is 11.8 Å². The average Bonchev–Trinajstić information content (AvgIpc) is 2.79. The summed E-state index contributed by atoms with van der Waals surface area (Å²) in [4.78, 5) is 26.0. The topological polar surface area (TPSA) is 84.7 Å². The Morgan fingerprint density at radius 2 is 2.10 bits per heavy atom. The molecule has 3 N–H and O–H groups in total. The molecule has 1 aromatic carbocycles. The molecule has 0 saturated carbocycles. The van der Waals surface area contributed by atoms with Crippen molar-refractivity contribution in [2.45, 2.75) is 31.8 Å². The number of amides is 2. The lowest BCUT2D eigenvalue weighted by molar-refractivity contribution is -0.129. The Bertz CT molecular complexity index is 551.